The molecular weight excluding hydrogens is 300 g/mol. The van der Waals surface area contributed by atoms with Crippen molar-refractivity contribution in [1.29, 1.82) is 0 Å². The van der Waals surface area contributed by atoms with Gasteiger partial charge < -0.3 is 15.7 Å². The van der Waals surface area contributed by atoms with Crippen LogP contribution < -0.4 is 10.6 Å². The number of aliphatic hydroxyl groups is 1. The molecule has 0 aliphatic carbocycles. The maximum atomic E-state index is 12.6. The Kier molecular flexibility index (Phi) is 5.35. The zero-order chi connectivity index (χ0) is 16.1. The van der Waals surface area contributed by atoms with Gasteiger partial charge >= 0.3 is 0 Å². The van der Waals surface area contributed by atoms with Gasteiger partial charge in [0, 0.05) is 23.9 Å². The average Bonchev–Trinajstić information content (AvgIpc) is 2.52. The van der Waals surface area contributed by atoms with Gasteiger partial charge in [-0.05, 0) is 19.1 Å². The van der Waals surface area contributed by atoms with Crippen LogP contribution in [0.3, 0.4) is 0 Å². The van der Waals surface area contributed by atoms with Crippen LogP contribution in [0.5, 0.6) is 0 Å². The second-order valence-electron chi connectivity index (χ2n) is 4.62. The Morgan fingerprint density at radius 2 is 2.14 bits per heavy atom. The van der Waals surface area contributed by atoms with Gasteiger partial charge in [0.2, 0.25) is 0 Å². The number of hydrogen-bond donors (Lipinski definition) is 2. The fraction of sp³-hybridized carbons (Fsp3) is 0.267. The first-order valence-electron chi connectivity index (χ1n) is 6.74. The molecule has 7 heteroatoms. The summed E-state index contributed by atoms with van der Waals surface area (Å²) in [6.45, 7) is 1.80. The number of para-hydroxylation sites is 1. The molecule has 116 valence electrons. The summed E-state index contributed by atoms with van der Waals surface area (Å²) in [4.78, 5) is 23.1. The van der Waals surface area contributed by atoms with Gasteiger partial charge in [0.05, 0.1) is 12.3 Å². The minimum atomic E-state index is -0.269. The van der Waals surface area contributed by atoms with E-state index in [9.17, 15) is 4.79 Å². The van der Waals surface area contributed by atoms with Crippen LogP contribution >= 0.6 is 11.8 Å². The maximum absolute atomic E-state index is 12.6. The van der Waals surface area contributed by atoms with Crippen LogP contribution in [-0.2, 0) is 0 Å². The zero-order valence-corrected chi connectivity index (χ0v) is 13.3. The zero-order valence-electron chi connectivity index (χ0n) is 12.5. The molecular formula is C15H18N4O2S. The van der Waals surface area contributed by atoms with E-state index in [-0.39, 0.29) is 23.9 Å². The molecule has 0 saturated heterocycles. The molecule has 0 saturated carbocycles. The lowest BCUT2D eigenvalue weighted by Gasteiger charge is -2.20. The number of aliphatic hydroxyl groups excluding tert-OH is 1. The van der Waals surface area contributed by atoms with Gasteiger partial charge in [0.1, 0.15) is 17.2 Å². The van der Waals surface area contributed by atoms with Gasteiger partial charge in [0.15, 0.2) is 0 Å². The average molecular weight is 318 g/mol. The SMILES string of the molecule is Cc1ncc(C(=O)N(C)c2ccccc2SCCO)c(N)n1. The summed E-state index contributed by atoms with van der Waals surface area (Å²) in [6, 6.07) is 7.51. The van der Waals surface area contributed by atoms with Crippen LogP contribution in [0.25, 0.3) is 0 Å². The van der Waals surface area contributed by atoms with E-state index in [0.717, 1.165) is 10.6 Å². The first-order valence-corrected chi connectivity index (χ1v) is 7.73. The minimum absolute atomic E-state index is 0.0788. The monoisotopic (exact) mass is 318 g/mol. The number of aromatic nitrogens is 2. The third-order valence-electron chi connectivity index (χ3n) is 3.05. The molecule has 0 spiro atoms. The highest BCUT2D eigenvalue weighted by Crippen LogP contribution is 2.30. The van der Waals surface area contributed by atoms with E-state index in [1.165, 1.54) is 22.9 Å². The van der Waals surface area contributed by atoms with E-state index in [1.807, 2.05) is 24.3 Å². The minimum Gasteiger partial charge on any atom is -0.396 e. The molecule has 0 aliphatic rings. The Hall–Kier alpha value is -2.12. The van der Waals surface area contributed by atoms with Crippen molar-refractivity contribution in [3.05, 3.63) is 41.9 Å². The molecule has 0 atom stereocenters. The van der Waals surface area contributed by atoms with E-state index in [1.54, 1.807) is 14.0 Å². The Balaban J connectivity index is 2.31. The standard InChI is InChI=1S/C15H18N4O2S/c1-10-17-9-11(14(16)18-10)15(21)19(2)12-5-3-4-6-13(12)22-8-7-20/h3-6,9,20H,7-8H2,1-2H3,(H2,16,17,18). The van der Waals surface area contributed by atoms with Gasteiger partial charge in [-0.3, -0.25) is 4.79 Å². The Bertz CT molecular complexity index is 678. The summed E-state index contributed by atoms with van der Waals surface area (Å²) in [6.07, 6.45) is 1.44. The number of carbonyl (C=O) groups is 1. The van der Waals surface area contributed by atoms with E-state index in [4.69, 9.17) is 10.8 Å². The van der Waals surface area contributed by atoms with Crippen molar-refractivity contribution in [3.63, 3.8) is 0 Å². The molecule has 0 radical (unpaired) electrons. The Labute approximate surface area is 133 Å². The number of nitrogens with zero attached hydrogens (tertiary/aromatic N) is 3. The number of aryl methyl sites for hydroxylation is 1. The van der Waals surface area contributed by atoms with Crippen LogP contribution in [0.4, 0.5) is 11.5 Å². The van der Waals surface area contributed by atoms with Crippen LogP contribution in [-0.4, -0.2) is 40.4 Å². The van der Waals surface area contributed by atoms with Gasteiger partial charge in [-0.25, -0.2) is 9.97 Å². The molecule has 6 nitrogen and oxygen atoms in total. The van der Waals surface area contributed by atoms with Gasteiger partial charge in [-0.15, -0.1) is 11.8 Å². The van der Waals surface area contributed by atoms with E-state index in [0.29, 0.717) is 11.6 Å². The summed E-state index contributed by atoms with van der Waals surface area (Å²) in [5.41, 5.74) is 6.85. The molecule has 2 rings (SSSR count). The number of hydrogen-bond acceptors (Lipinski definition) is 6. The summed E-state index contributed by atoms with van der Waals surface area (Å²) in [5, 5.41) is 8.97. The molecule has 0 aliphatic heterocycles. The number of anilines is 2. The summed E-state index contributed by atoms with van der Waals surface area (Å²) < 4.78 is 0. The number of benzene rings is 1. The van der Waals surface area contributed by atoms with E-state index < -0.39 is 0 Å². The fourth-order valence-corrected chi connectivity index (χ4v) is 2.79. The lowest BCUT2D eigenvalue weighted by atomic mass is 10.2. The predicted molar refractivity (Wildman–Crippen MR) is 88.2 cm³/mol. The van der Waals surface area contributed by atoms with Gasteiger partial charge in [0.25, 0.3) is 5.91 Å². The Morgan fingerprint density at radius 1 is 1.41 bits per heavy atom. The van der Waals surface area contributed by atoms with Crippen LogP contribution in [0.15, 0.2) is 35.4 Å². The Morgan fingerprint density at radius 3 is 2.82 bits per heavy atom. The third kappa shape index (κ3) is 3.55. The molecule has 1 aromatic carbocycles. The molecule has 0 unspecified atom stereocenters. The van der Waals surface area contributed by atoms with Gasteiger partial charge in [-0.1, -0.05) is 12.1 Å². The maximum Gasteiger partial charge on any atom is 0.263 e. The normalized spacial score (nSPS) is 10.5. The largest absolute Gasteiger partial charge is 0.396 e. The summed E-state index contributed by atoms with van der Waals surface area (Å²) in [5.74, 6) is 0.990. The highest BCUT2D eigenvalue weighted by molar-refractivity contribution is 7.99. The quantitative estimate of drug-likeness (QED) is 0.816. The van der Waals surface area contributed by atoms with Crippen molar-refractivity contribution in [2.24, 2.45) is 0 Å². The van der Waals surface area contributed by atoms with Crippen molar-refractivity contribution in [3.8, 4) is 0 Å². The highest BCUT2D eigenvalue weighted by atomic mass is 32.2. The van der Waals surface area contributed by atoms with Gasteiger partial charge in [-0.2, -0.15) is 0 Å². The number of rotatable bonds is 5. The molecule has 1 amide bonds. The second-order valence-corrected chi connectivity index (χ2v) is 5.76. The first kappa shape index (κ1) is 16.3. The van der Waals surface area contributed by atoms with Crippen LogP contribution in [0, 0.1) is 6.92 Å². The highest BCUT2D eigenvalue weighted by Gasteiger charge is 2.19. The van der Waals surface area contributed by atoms with Crippen molar-refractivity contribution in [1.82, 2.24) is 9.97 Å². The number of thioether (sulfide) groups is 1. The lowest BCUT2D eigenvalue weighted by molar-refractivity contribution is 0.0993. The van der Waals surface area contributed by atoms with E-state index in [2.05, 4.69) is 9.97 Å². The second kappa shape index (κ2) is 7.24. The third-order valence-corrected chi connectivity index (χ3v) is 4.09. The number of amides is 1. The molecule has 0 bridgehead atoms. The molecule has 2 aromatic rings. The van der Waals surface area contributed by atoms with Crippen molar-refractivity contribution in [2.75, 3.05) is 30.0 Å². The van der Waals surface area contributed by atoms with Crippen LogP contribution in [0.2, 0.25) is 0 Å². The number of carbonyl (C=O) groups excluding carboxylic acids is 1. The number of nitrogens with two attached hydrogens (primary N) is 1. The fourth-order valence-electron chi connectivity index (χ4n) is 1.95. The first-order chi connectivity index (χ1) is 10.5. The predicted octanol–water partition coefficient (Wildman–Crippen LogP) is 1.73. The van der Waals surface area contributed by atoms with E-state index >= 15 is 0 Å². The molecule has 1 heterocycles. The summed E-state index contributed by atoms with van der Waals surface area (Å²) in [7, 11) is 1.68. The van der Waals surface area contributed by atoms with Crippen molar-refractivity contribution in [2.45, 2.75) is 11.8 Å². The molecule has 1 aromatic heterocycles. The molecule has 0 fully saturated rings. The smallest absolute Gasteiger partial charge is 0.263 e. The summed E-state index contributed by atoms with van der Waals surface area (Å²) >= 11 is 1.49. The topological polar surface area (TPSA) is 92.3 Å². The molecule has 3 N–H and O–H groups in total. The lowest BCUT2D eigenvalue weighted by Crippen LogP contribution is -2.28. The van der Waals surface area contributed by atoms with Crippen molar-refractivity contribution < 1.29 is 9.90 Å². The van der Waals surface area contributed by atoms with Crippen LogP contribution in [0.1, 0.15) is 16.2 Å². The van der Waals surface area contributed by atoms with Crippen molar-refractivity contribution >= 4 is 29.2 Å². The molecule has 22 heavy (non-hydrogen) atoms. The number of nitrogen functional groups attached to an aromatic ring is 1.